The molecular weight excluding hydrogens is 601 g/mol. The number of hydrogen-bond acceptors (Lipinski definition) is 8. The van der Waals surface area contributed by atoms with Crippen LogP contribution < -0.4 is 10.1 Å². The molecule has 1 aromatic rings. The van der Waals surface area contributed by atoms with Crippen LogP contribution >= 0.6 is 11.8 Å². The number of methoxy groups -OCH3 is 1. The number of rotatable bonds is 10. The molecule has 0 aliphatic heterocycles. The Labute approximate surface area is 198 Å². The minimum atomic E-state index is -0.553. The van der Waals surface area contributed by atoms with Crippen molar-refractivity contribution in [3.8, 4) is 5.75 Å². The molecule has 0 saturated heterocycles. The van der Waals surface area contributed by atoms with Crippen LogP contribution in [0.25, 0.3) is 0 Å². The summed E-state index contributed by atoms with van der Waals surface area (Å²) < 4.78 is 16.4. The number of hydrogen-bond donors (Lipinski definition) is 1. The van der Waals surface area contributed by atoms with Gasteiger partial charge in [-0.25, -0.2) is 4.79 Å². The van der Waals surface area contributed by atoms with Gasteiger partial charge in [0.05, 0.1) is 6.21 Å². The second-order valence-electron chi connectivity index (χ2n) is 6.10. The van der Waals surface area contributed by atoms with Crippen LogP contribution in [0.3, 0.4) is 0 Å². The van der Waals surface area contributed by atoms with Crippen LogP contribution in [0.2, 0.25) is 3.93 Å². The van der Waals surface area contributed by atoms with Crippen LogP contribution in [0.4, 0.5) is 4.79 Å². The predicted molar refractivity (Wildman–Crippen MR) is 114 cm³/mol. The van der Waals surface area contributed by atoms with Crippen LogP contribution in [0, 0.1) is 0 Å². The van der Waals surface area contributed by atoms with Crippen LogP contribution in [-0.4, -0.2) is 68.2 Å². The molecule has 3 N–H and O–H groups in total. The Morgan fingerprint density at radius 3 is 2.43 bits per heavy atom. The molecular formula is C19H31HgN2O7S. The van der Waals surface area contributed by atoms with Crippen molar-refractivity contribution >= 4 is 30.0 Å². The van der Waals surface area contributed by atoms with Crippen LogP contribution in [-0.2, 0) is 45.2 Å². The van der Waals surface area contributed by atoms with E-state index in [1.165, 1.54) is 7.05 Å². The Kier molecular flexibility index (Phi) is 18.9. The maximum absolute atomic E-state index is 11.4. The second kappa shape index (κ2) is 18.4. The van der Waals surface area contributed by atoms with Gasteiger partial charge in [0.1, 0.15) is 0 Å². The fourth-order valence-corrected chi connectivity index (χ4v) is 3.17. The van der Waals surface area contributed by atoms with Gasteiger partial charge in [-0.15, -0.1) is 0 Å². The first-order valence-electron chi connectivity index (χ1n) is 8.91. The van der Waals surface area contributed by atoms with E-state index in [2.05, 4.69) is 15.3 Å². The molecule has 0 bridgehead atoms. The summed E-state index contributed by atoms with van der Waals surface area (Å²) in [6.07, 6.45) is 3.04. The number of oxime groups is 1. The quantitative estimate of drug-likeness (QED) is 0.138. The molecule has 0 aliphatic carbocycles. The van der Waals surface area contributed by atoms with Gasteiger partial charge >= 0.3 is 124 Å². The molecule has 30 heavy (non-hydrogen) atoms. The monoisotopic (exact) mass is 633 g/mol. The number of thioether (sulfide) groups is 1. The molecule has 11 heteroatoms. The number of nitrogens with zero attached hydrogens (tertiary/aromatic N) is 1. The number of para-hydroxylation sites is 1. The molecule has 0 radical (unpaired) electrons. The SMILES string of the molecule is CNC(=O)O/N=C/C(C)(C)SC.COC([CH2][Hg])COC(=O)COc1ccccc1.O. The number of carbonyl (C=O) groups excluding carboxylic acids is 2. The Morgan fingerprint density at radius 2 is 1.93 bits per heavy atom. The van der Waals surface area contributed by atoms with Crippen molar-refractivity contribution in [1.29, 1.82) is 0 Å². The van der Waals surface area contributed by atoms with Crippen molar-refractivity contribution in [1.82, 2.24) is 5.32 Å². The molecule has 0 spiro atoms. The van der Waals surface area contributed by atoms with E-state index in [0.717, 1.165) is 3.93 Å². The average Bonchev–Trinajstić information content (AvgIpc) is 2.74. The zero-order valence-electron chi connectivity index (χ0n) is 18.2. The van der Waals surface area contributed by atoms with Gasteiger partial charge in [0.2, 0.25) is 0 Å². The first-order valence-corrected chi connectivity index (χ1v) is 14.0. The van der Waals surface area contributed by atoms with Crippen molar-refractivity contribution in [3.05, 3.63) is 30.3 Å². The van der Waals surface area contributed by atoms with Gasteiger partial charge < -0.3 is 10.8 Å². The summed E-state index contributed by atoms with van der Waals surface area (Å²) in [5.74, 6) is 0.302. The summed E-state index contributed by atoms with van der Waals surface area (Å²) in [6, 6.07) is 9.19. The third-order valence-electron chi connectivity index (χ3n) is 3.41. The maximum Gasteiger partial charge on any atom is -0.412 e. The fourth-order valence-electron chi connectivity index (χ4n) is 1.46. The maximum atomic E-state index is 11.4. The molecule has 0 saturated carbocycles. The average molecular weight is 632 g/mol. The number of benzene rings is 1. The fraction of sp³-hybridized carbons (Fsp3) is 0.526. The van der Waals surface area contributed by atoms with Crippen molar-refractivity contribution in [2.24, 2.45) is 5.16 Å². The summed E-state index contributed by atoms with van der Waals surface area (Å²) in [4.78, 5) is 26.3. The third-order valence-corrected chi connectivity index (χ3v) is 7.08. The van der Waals surface area contributed by atoms with E-state index in [1.54, 1.807) is 37.2 Å². The minimum Gasteiger partial charge on any atom is -0.412 e. The molecule has 0 aliphatic rings. The molecule has 0 fully saturated rings. The molecule has 0 heterocycles. The van der Waals surface area contributed by atoms with Gasteiger partial charge in [-0.1, -0.05) is 5.16 Å². The van der Waals surface area contributed by atoms with Gasteiger partial charge in [0, 0.05) is 11.8 Å². The zero-order valence-corrected chi connectivity index (χ0v) is 24.5. The number of ether oxygens (including phenoxy) is 3. The van der Waals surface area contributed by atoms with E-state index in [1.807, 2.05) is 38.3 Å². The molecule has 9 nitrogen and oxygen atoms in total. The third kappa shape index (κ3) is 16.4. The van der Waals surface area contributed by atoms with E-state index in [-0.39, 0.29) is 28.9 Å². The first-order chi connectivity index (χ1) is 13.8. The van der Waals surface area contributed by atoms with Crippen LogP contribution in [0.1, 0.15) is 13.8 Å². The summed E-state index contributed by atoms with van der Waals surface area (Å²) in [6.45, 7) is 4.21. The van der Waals surface area contributed by atoms with Crippen LogP contribution in [0.15, 0.2) is 35.5 Å². The molecule has 1 rings (SSSR count). The van der Waals surface area contributed by atoms with Crippen LogP contribution in [0.5, 0.6) is 5.75 Å². The Hall–Kier alpha value is -1.36. The van der Waals surface area contributed by atoms with Gasteiger partial charge in [0.15, 0.2) is 0 Å². The van der Waals surface area contributed by atoms with E-state index in [0.29, 0.717) is 38.5 Å². The Balaban J connectivity index is 0. The van der Waals surface area contributed by atoms with Gasteiger partial charge in [0.25, 0.3) is 0 Å². The largest absolute Gasteiger partial charge is 0.412 e. The van der Waals surface area contributed by atoms with Crippen molar-refractivity contribution in [3.63, 3.8) is 0 Å². The van der Waals surface area contributed by atoms with E-state index < -0.39 is 6.09 Å². The topological polar surface area (TPSA) is 127 Å². The number of amides is 1. The Morgan fingerprint density at radius 1 is 1.30 bits per heavy atom. The smallest absolute Gasteiger partial charge is 0.412 e. The van der Waals surface area contributed by atoms with E-state index >= 15 is 0 Å². The predicted octanol–water partition coefficient (Wildman–Crippen LogP) is 2.23. The van der Waals surface area contributed by atoms with Gasteiger partial charge in [-0.2, -0.15) is 11.8 Å². The van der Waals surface area contributed by atoms with E-state index in [9.17, 15) is 9.59 Å². The first kappa shape index (κ1) is 30.8. The zero-order chi connectivity index (χ0) is 22.1. The summed E-state index contributed by atoms with van der Waals surface area (Å²) >= 11 is 2.27. The van der Waals surface area contributed by atoms with Crippen molar-refractivity contribution in [2.75, 3.05) is 33.6 Å². The molecule has 0 aromatic heterocycles. The molecule has 1 aromatic carbocycles. The summed E-state index contributed by atoms with van der Waals surface area (Å²) in [7, 11) is 3.11. The summed E-state index contributed by atoms with van der Waals surface area (Å²) in [5.41, 5.74) is 0. The molecule has 1 amide bonds. The Bertz CT molecular complexity index is 614. The minimum absolute atomic E-state index is 0. The molecule has 1 unspecified atom stereocenters. The second-order valence-corrected chi connectivity index (χ2v) is 9.81. The van der Waals surface area contributed by atoms with Gasteiger partial charge in [-0.3, -0.25) is 4.84 Å². The van der Waals surface area contributed by atoms with Gasteiger partial charge in [-0.05, 0) is 20.1 Å². The number of nitrogens with one attached hydrogen (secondary N) is 1. The molecule has 167 valence electrons. The van der Waals surface area contributed by atoms with Crippen molar-refractivity contribution < 1.29 is 60.2 Å². The molecule has 1 atom stereocenters. The van der Waals surface area contributed by atoms with Crippen molar-refractivity contribution in [2.45, 2.75) is 28.6 Å². The summed E-state index contributed by atoms with van der Waals surface area (Å²) in [5, 5.41) is 5.81. The number of esters is 1. The number of carbonyl (C=O) groups is 2. The normalized spacial score (nSPS) is 11.4. The van der Waals surface area contributed by atoms with E-state index in [4.69, 9.17) is 14.2 Å². The standard InChI is InChI=1S/C12H15O4.C7H14N2O2S.Hg.H2O/c1-10(14-2)8-16-12(13)9-15-11-6-4-3-5-7-11;1-7(2,12-4)5-9-11-6(10)8-3;;/h3-7,10H,1,8-9H2,2H3;5H,1-4H3,(H,8,10);;1H2/b;9-5+;;.